The molecule has 38 heavy (non-hydrogen) atoms. The van der Waals surface area contributed by atoms with Gasteiger partial charge in [-0.2, -0.15) is 0 Å². The lowest BCUT2D eigenvalue weighted by Gasteiger charge is -2.36. The van der Waals surface area contributed by atoms with E-state index in [0.717, 1.165) is 11.4 Å². The summed E-state index contributed by atoms with van der Waals surface area (Å²) in [5, 5.41) is 12.0. The molecule has 0 N–H and O–H groups in total. The number of rotatable bonds is 2. The molecule has 2 aliphatic heterocycles. The molecule has 2 heterocycles. The topological polar surface area (TPSA) is 43.2 Å². The van der Waals surface area contributed by atoms with E-state index in [1.165, 1.54) is 66.4 Å². The van der Waals surface area contributed by atoms with Crippen molar-refractivity contribution in [3.05, 3.63) is 116 Å². The molecule has 190 valence electrons. The van der Waals surface area contributed by atoms with Crippen molar-refractivity contribution in [2.45, 2.75) is 65.6 Å². The Bertz CT molecular complexity index is 1540. The van der Waals surface area contributed by atoms with Gasteiger partial charge in [-0.05, 0) is 85.7 Å². The number of nitrogens with zero attached hydrogens (tertiary/aromatic N) is 2. The van der Waals surface area contributed by atoms with Crippen LogP contribution in [0.25, 0.3) is 10.8 Å². The van der Waals surface area contributed by atoms with Crippen LogP contribution in [0, 0.1) is 41.5 Å². The maximum absolute atomic E-state index is 6.30. The van der Waals surface area contributed by atoms with Crippen LogP contribution in [0.1, 0.15) is 67.5 Å². The van der Waals surface area contributed by atoms with Crippen molar-refractivity contribution in [1.29, 1.82) is 0 Å². The van der Waals surface area contributed by atoms with Crippen molar-refractivity contribution in [3.8, 4) is 0 Å². The lowest BCUT2D eigenvalue weighted by atomic mass is 9.67. The van der Waals surface area contributed by atoms with E-state index in [-0.39, 0.29) is 24.0 Å². The highest BCUT2D eigenvalue weighted by Gasteiger charge is 2.56. The maximum Gasteiger partial charge on any atom is 0.180 e. The van der Waals surface area contributed by atoms with Gasteiger partial charge in [-0.15, -0.1) is 0 Å². The summed E-state index contributed by atoms with van der Waals surface area (Å²) in [5.74, 6) is -0.0450. The molecule has 0 amide bonds. The Morgan fingerprint density at radius 2 is 0.895 bits per heavy atom. The second kappa shape index (κ2) is 8.29. The summed E-state index contributed by atoms with van der Waals surface area (Å²) in [4.78, 5) is 12.6. The van der Waals surface area contributed by atoms with Crippen molar-refractivity contribution < 1.29 is 9.68 Å². The summed E-state index contributed by atoms with van der Waals surface area (Å²) >= 11 is 0. The molecule has 0 radical (unpaired) electrons. The molecule has 4 heteroatoms. The summed E-state index contributed by atoms with van der Waals surface area (Å²) in [7, 11) is 0. The Morgan fingerprint density at radius 3 is 1.26 bits per heavy atom. The van der Waals surface area contributed by atoms with Gasteiger partial charge in [0.1, 0.15) is 0 Å². The van der Waals surface area contributed by atoms with Gasteiger partial charge >= 0.3 is 0 Å². The first-order valence-corrected chi connectivity index (χ1v) is 13.5. The normalized spacial score (nSPS) is 23.2. The molecular weight excluding hydrogens is 468 g/mol. The van der Waals surface area contributed by atoms with E-state index in [4.69, 9.17) is 20.0 Å². The van der Waals surface area contributed by atoms with Crippen LogP contribution in [0.2, 0.25) is 0 Å². The van der Waals surface area contributed by atoms with E-state index in [1.54, 1.807) is 0 Å². The number of hydrogen-bond acceptors (Lipinski definition) is 4. The monoisotopic (exact) mass is 500 g/mol. The van der Waals surface area contributed by atoms with Crippen molar-refractivity contribution in [2.75, 3.05) is 0 Å². The summed E-state index contributed by atoms with van der Waals surface area (Å²) in [5.41, 5.74) is 14.3. The third kappa shape index (κ3) is 3.29. The Kier molecular flexibility index (Phi) is 5.07. The molecule has 0 aromatic heterocycles. The Hall–Kier alpha value is -3.92. The minimum Gasteiger partial charge on any atom is -0.387 e. The first-order valence-electron chi connectivity index (χ1n) is 13.5. The molecule has 4 atom stereocenters. The molecule has 0 saturated carbocycles. The van der Waals surface area contributed by atoms with Gasteiger partial charge in [0, 0.05) is 11.1 Å². The highest BCUT2D eigenvalue weighted by Crippen LogP contribution is 2.51. The zero-order chi connectivity index (χ0) is 26.3. The first-order chi connectivity index (χ1) is 18.3. The fourth-order valence-corrected chi connectivity index (χ4v) is 7.31. The van der Waals surface area contributed by atoms with Crippen LogP contribution in [0.15, 0.2) is 71.0 Å². The van der Waals surface area contributed by atoms with Crippen molar-refractivity contribution in [2.24, 2.45) is 10.3 Å². The predicted octanol–water partition coefficient (Wildman–Crippen LogP) is 7.48. The molecule has 0 fully saturated rings. The minimum absolute atomic E-state index is 0.0225. The van der Waals surface area contributed by atoms with Crippen molar-refractivity contribution in [1.82, 2.24) is 0 Å². The molecule has 0 saturated heterocycles. The molecule has 0 unspecified atom stereocenters. The zero-order valence-corrected chi connectivity index (χ0v) is 22.8. The van der Waals surface area contributed by atoms with Crippen LogP contribution in [0.5, 0.6) is 0 Å². The van der Waals surface area contributed by atoms with Crippen LogP contribution in [-0.2, 0) is 9.68 Å². The molecule has 7 rings (SSSR count). The quantitative estimate of drug-likeness (QED) is 0.286. The Morgan fingerprint density at radius 1 is 0.526 bits per heavy atom. The van der Waals surface area contributed by atoms with E-state index in [9.17, 15) is 0 Å². The van der Waals surface area contributed by atoms with E-state index >= 15 is 0 Å². The SMILES string of the molecule is Cc1cc(C)c(C2=NO[C@H]3[C@@H]4ON=C(c5c(C)cc(C)cc5C)[C@@H]4c4cc5ccccc5cc4[C@@H]23)c(C)c1. The van der Waals surface area contributed by atoms with Crippen LogP contribution >= 0.6 is 0 Å². The molecule has 0 bridgehead atoms. The van der Waals surface area contributed by atoms with Gasteiger partial charge in [-0.1, -0.05) is 82.1 Å². The van der Waals surface area contributed by atoms with Gasteiger partial charge in [0.25, 0.3) is 0 Å². The summed E-state index contributed by atoms with van der Waals surface area (Å²) in [6, 6.07) is 22.3. The van der Waals surface area contributed by atoms with Gasteiger partial charge in [-0.3, -0.25) is 0 Å². The van der Waals surface area contributed by atoms with E-state index < -0.39 is 0 Å². The highest BCUT2D eigenvalue weighted by molar-refractivity contribution is 6.12. The van der Waals surface area contributed by atoms with Gasteiger partial charge in [-0.25, -0.2) is 0 Å². The highest BCUT2D eigenvalue weighted by atomic mass is 16.7. The van der Waals surface area contributed by atoms with E-state index in [0.29, 0.717) is 0 Å². The van der Waals surface area contributed by atoms with E-state index in [1.807, 2.05) is 0 Å². The number of fused-ring (bicyclic) bond motifs is 7. The number of hydrogen-bond donors (Lipinski definition) is 0. The lowest BCUT2D eigenvalue weighted by Crippen LogP contribution is -2.43. The van der Waals surface area contributed by atoms with Crippen molar-refractivity contribution >= 4 is 22.2 Å². The lowest BCUT2D eigenvalue weighted by molar-refractivity contribution is -0.0592. The largest absolute Gasteiger partial charge is 0.387 e. The first kappa shape index (κ1) is 23.2. The third-order valence-corrected chi connectivity index (χ3v) is 8.60. The standard InChI is InChI=1S/C34H32N2O2/c1-17-11-19(3)27(20(4)12-17)31-29-25-15-23-9-7-8-10-24(23)16-26(25)30-32(36-38-34(30)33(29)37-35-31)28-21(5)13-18(2)14-22(28)6/h7-16,29-30,33-34H,1-6H3/t29-,30-,33+,34+/m0/s1. The van der Waals surface area contributed by atoms with E-state index in [2.05, 4.69) is 102 Å². The second-order valence-electron chi connectivity index (χ2n) is 11.4. The van der Waals surface area contributed by atoms with Crippen LogP contribution in [0.3, 0.4) is 0 Å². The number of benzene rings is 4. The Balaban J connectivity index is 1.45. The molecule has 4 nitrogen and oxygen atoms in total. The van der Waals surface area contributed by atoms with Crippen molar-refractivity contribution in [3.63, 3.8) is 0 Å². The second-order valence-corrected chi connectivity index (χ2v) is 11.4. The average Bonchev–Trinajstić information content (AvgIpc) is 3.47. The fourth-order valence-electron chi connectivity index (χ4n) is 7.31. The predicted molar refractivity (Wildman–Crippen MR) is 154 cm³/mol. The maximum atomic E-state index is 6.30. The minimum atomic E-state index is -0.240. The number of aryl methyl sites for hydroxylation is 6. The molecule has 0 spiro atoms. The van der Waals surface area contributed by atoms with Gasteiger partial charge < -0.3 is 9.68 Å². The summed E-state index contributed by atoms with van der Waals surface area (Å²) < 4.78 is 0. The number of oxime groups is 2. The molecule has 1 aliphatic carbocycles. The summed E-state index contributed by atoms with van der Waals surface area (Å²) in [6.45, 7) is 13.0. The van der Waals surface area contributed by atoms with Crippen LogP contribution in [-0.4, -0.2) is 23.6 Å². The fraction of sp³-hybridized carbons (Fsp3) is 0.294. The Labute approximate surface area is 224 Å². The smallest absolute Gasteiger partial charge is 0.180 e. The zero-order valence-electron chi connectivity index (χ0n) is 22.8. The molecule has 4 aromatic carbocycles. The van der Waals surface area contributed by atoms with Crippen LogP contribution < -0.4 is 0 Å². The molecular formula is C34H32N2O2. The average molecular weight is 501 g/mol. The van der Waals surface area contributed by atoms with Gasteiger partial charge in [0.2, 0.25) is 0 Å². The molecule has 3 aliphatic rings. The van der Waals surface area contributed by atoms with Gasteiger partial charge in [0.15, 0.2) is 12.2 Å². The molecule has 4 aromatic rings. The third-order valence-electron chi connectivity index (χ3n) is 8.60. The van der Waals surface area contributed by atoms with Crippen LogP contribution in [0.4, 0.5) is 0 Å². The van der Waals surface area contributed by atoms with Gasteiger partial charge in [0.05, 0.1) is 23.3 Å². The summed E-state index contributed by atoms with van der Waals surface area (Å²) in [6.07, 6.45) is -0.479.